The summed E-state index contributed by atoms with van der Waals surface area (Å²) in [5.41, 5.74) is 2.52. The fourth-order valence-corrected chi connectivity index (χ4v) is 4.51. The van der Waals surface area contributed by atoms with Gasteiger partial charge in [-0.1, -0.05) is 37.6 Å². The first kappa shape index (κ1) is 22.5. The minimum absolute atomic E-state index is 0.0161. The highest BCUT2D eigenvalue weighted by Crippen LogP contribution is 2.23. The van der Waals surface area contributed by atoms with Crippen molar-refractivity contribution < 1.29 is 4.74 Å². The van der Waals surface area contributed by atoms with Gasteiger partial charge in [-0.15, -0.1) is 0 Å². The van der Waals surface area contributed by atoms with Gasteiger partial charge in [0, 0.05) is 23.6 Å². The number of allylic oxidation sites excluding steroid dienone is 4. The molecule has 1 saturated heterocycles. The van der Waals surface area contributed by atoms with Gasteiger partial charge < -0.3 is 9.64 Å². The lowest BCUT2D eigenvalue weighted by Crippen LogP contribution is -2.31. The van der Waals surface area contributed by atoms with Gasteiger partial charge in [-0.05, 0) is 75.5 Å². The molecule has 2 aliphatic rings. The van der Waals surface area contributed by atoms with Gasteiger partial charge in [0.1, 0.15) is 5.75 Å². The molecular formula is C27H35N3O2. The molecule has 2 atom stereocenters. The minimum Gasteiger partial charge on any atom is -0.494 e. The second kappa shape index (κ2) is 10.8. The fourth-order valence-electron chi connectivity index (χ4n) is 4.51. The normalized spacial score (nSPS) is 21.1. The van der Waals surface area contributed by atoms with Crippen molar-refractivity contribution in [3.63, 3.8) is 0 Å². The van der Waals surface area contributed by atoms with E-state index in [1.165, 1.54) is 32.4 Å². The molecule has 0 spiro atoms. The first-order valence-electron chi connectivity index (χ1n) is 12.0. The van der Waals surface area contributed by atoms with Crippen LogP contribution in [-0.4, -0.2) is 40.9 Å². The molecule has 1 aromatic heterocycles. The zero-order valence-electron chi connectivity index (χ0n) is 19.4. The number of aromatic nitrogens is 2. The summed E-state index contributed by atoms with van der Waals surface area (Å²) >= 11 is 0. The van der Waals surface area contributed by atoms with Crippen molar-refractivity contribution in [1.29, 1.82) is 0 Å². The molecule has 170 valence electrons. The van der Waals surface area contributed by atoms with Crippen LogP contribution in [0.2, 0.25) is 0 Å². The second-order valence-electron chi connectivity index (χ2n) is 9.12. The predicted molar refractivity (Wildman–Crippen MR) is 130 cm³/mol. The zero-order valence-corrected chi connectivity index (χ0v) is 19.4. The minimum atomic E-state index is -0.0161. The molecule has 5 nitrogen and oxygen atoms in total. The standard InChI is InChI=1S/C27H35N3O2/c1-21-9-4-5-10-24(21)20-30-27(31)22(2)19-26(28-30)23-11-13-25(14-12-23)32-18-8-17-29-15-6-3-7-16-29/h4-5,9-14,19,21,24H,3,6-8,15-18,20H2,1-2H3. The molecule has 0 N–H and O–H groups in total. The number of benzene rings is 1. The summed E-state index contributed by atoms with van der Waals surface area (Å²) in [5.74, 6) is 1.55. The van der Waals surface area contributed by atoms with Crippen LogP contribution in [0.25, 0.3) is 11.3 Å². The van der Waals surface area contributed by atoms with Crippen molar-refractivity contribution in [3.8, 4) is 17.0 Å². The van der Waals surface area contributed by atoms with Gasteiger partial charge in [0.25, 0.3) is 5.56 Å². The van der Waals surface area contributed by atoms with E-state index in [1.807, 2.05) is 37.3 Å². The summed E-state index contributed by atoms with van der Waals surface area (Å²) in [7, 11) is 0. The van der Waals surface area contributed by atoms with Gasteiger partial charge in [-0.25, -0.2) is 4.68 Å². The third-order valence-corrected chi connectivity index (χ3v) is 6.58. The highest BCUT2D eigenvalue weighted by atomic mass is 16.5. The number of hydrogen-bond acceptors (Lipinski definition) is 4. The lowest BCUT2D eigenvalue weighted by molar-refractivity contribution is 0.205. The first-order valence-corrected chi connectivity index (χ1v) is 12.0. The van der Waals surface area contributed by atoms with Gasteiger partial charge >= 0.3 is 0 Å². The van der Waals surface area contributed by atoms with Crippen molar-refractivity contribution in [3.05, 3.63) is 70.6 Å². The van der Waals surface area contributed by atoms with E-state index in [-0.39, 0.29) is 11.5 Å². The largest absolute Gasteiger partial charge is 0.494 e. The Labute approximate surface area is 191 Å². The maximum absolute atomic E-state index is 12.7. The van der Waals surface area contributed by atoms with E-state index < -0.39 is 0 Å². The van der Waals surface area contributed by atoms with Crippen LogP contribution < -0.4 is 10.3 Å². The summed E-state index contributed by atoms with van der Waals surface area (Å²) in [6.07, 6.45) is 13.5. The zero-order chi connectivity index (χ0) is 22.3. The van der Waals surface area contributed by atoms with Crippen LogP contribution in [0.15, 0.2) is 59.4 Å². The SMILES string of the molecule is Cc1cc(-c2ccc(OCCCN3CCCCC3)cc2)nn(CC2C=CC=CC2C)c1=O. The quantitative estimate of drug-likeness (QED) is 0.558. The van der Waals surface area contributed by atoms with E-state index in [0.717, 1.165) is 42.1 Å². The molecule has 4 rings (SSSR count). The monoisotopic (exact) mass is 433 g/mol. The van der Waals surface area contributed by atoms with Gasteiger partial charge in [0.2, 0.25) is 0 Å². The highest BCUT2D eigenvalue weighted by Gasteiger charge is 2.17. The van der Waals surface area contributed by atoms with Crippen LogP contribution in [0.4, 0.5) is 0 Å². The molecule has 0 radical (unpaired) electrons. The molecule has 2 unspecified atom stereocenters. The molecule has 1 aliphatic carbocycles. The smallest absolute Gasteiger partial charge is 0.269 e. The molecule has 32 heavy (non-hydrogen) atoms. The molecule has 5 heteroatoms. The van der Waals surface area contributed by atoms with Crippen LogP contribution in [-0.2, 0) is 6.54 Å². The van der Waals surface area contributed by atoms with Crippen LogP contribution >= 0.6 is 0 Å². The predicted octanol–water partition coefficient (Wildman–Crippen LogP) is 4.85. The molecule has 1 aliphatic heterocycles. The summed E-state index contributed by atoms with van der Waals surface area (Å²) in [6, 6.07) is 9.94. The van der Waals surface area contributed by atoms with Gasteiger partial charge in [0.15, 0.2) is 0 Å². The van der Waals surface area contributed by atoms with E-state index in [0.29, 0.717) is 12.5 Å². The van der Waals surface area contributed by atoms with Crippen molar-refractivity contribution in [2.24, 2.45) is 11.8 Å². The molecule has 2 aromatic rings. The van der Waals surface area contributed by atoms with E-state index >= 15 is 0 Å². The summed E-state index contributed by atoms with van der Waals surface area (Å²) in [6.45, 7) is 8.95. The van der Waals surface area contributed by atoms with E-state index in [1.54, 1.807) is 4.68 Å². The van der Waals surface area contributed by atoms with Crippen molar-refractivity contribution in [2.45, 2.75) is 46.1 Å². The third-order valence-electron chi connectivity index (χ3n) is 6.58. The van der Waals surface area contributed by atoms with E-state index in [9.17, 15) is 4.79 Å². The summed E-state index contributed by atoms with van der Waals surface area (Å²) < 4.78 is 7.58. The van der Waals surface area contributed by atoms with Crippen LogP contribution in [0.3, 0.4) is 0 Å². The summed E-state index contributed by atoms with van der Waals surface area (Å²) in [5, 5.41) is 4.69. The van der Waals surface area contributed by atoms with E-state index in [2.05, 4.69) is 41.2 Å². The van der Waals surface area contributed by atoms with Gasteiger partial charge in [-0.3, -0.25) is 4.79 Å². The van der Waals surface area contributed by atoms with Crippen molar-refractivity contribution >= 4 is 0 Å². The van der Waals surface area contributed by atoms with Crippen LogP contribution in [0.1, 0.15) is 38.2 Å². The lowest BCUT2D eigenvalue weighted by atomic mass is 9.90. The van der Waals surface area contributed by atoms with Crippen LogP contribution in [0, 0.1) is 18.8 Å². The Morgan fingerprint density at radius 2 is 1.81 bits per heavy atom. The average molecular weight is 434 g/mol. The topological polar surface area (TPSA) is 47.4 Å². The number of hydrogen-bond donors (Lipinski definition) is 0. The molecule has 0 bridgehead atoms. The molecule has 1 aromatic carbocycles. The Morgan fingerprint density at radius 3 is 2.56 bits per heavy atom. The number of rotatable bonds is 8. The maximum atomic E-state index is 12.7. The number of likely N-dealkylation sites (tertiary alicyclic amines) is 1. The Bertz CT molecular complexity index is 1000. The van der Waals surface area contributed by atoms with Crippen LogP contribution in [0.5, 0.6) is 5.75 Å². The first-order chi connectivity index (χ1) is 15.6. The van der Waals surface area contributed by atoms with Crippen molar-refractivity contribution in [2.75, 3.05) is 26.2 Å². The number of piperidine rings is 1. The maximum Gasteiger partial charge on any atom is 0.269 e. The van der Waals surface area contributed by atoms with E-state index in [4.69, 9.17) is 4.74 Å². The lowest BCUT2D eigenvalue weighted by Gasteiger charge is -2.26. The number of ether oxygens (including phenoxy) is 1. The Kier molecular flexibility index (Phi) is 7.59. The number of aryl methyl sites for hydroxylation is 1. The molecule has 2 heterocycles. The Hall–Kier alpha value is -2.66. The Balaban J connectivity index is 1.37. The van der Waals surface area contributed by atoms with Gasteiger partial charge in [-0.2, -0.15) is 5.10 Å². The highest BCUT2D eigenvalue weighted by molar-refractivity contribution is 5.60. The fraction of sp³-hybridized carbons (Fsp3) is 0.481. The molecule has 1 fully saturated rings. The summed E-state index contributed by atoms with van der Waals surface area (Å²) in [4.78, 5) is 15.2. The Morgan fingerprint density at radius 1 is 1.06 bits per heavy atom. The number of nitrogens with zero attached hydrogens (tertiary/aromatic N) is 3. The second-order valence-corrected chi connectivity index (χ2v) is 9.12. The molecule has 0 saturated carbocycles. The molecule has 0 amide bonds. The van der Waals surface area contributed by atoms with Crippen molar-refractivity contribution in [1.82, 2.24) is 14.7 Å². The third kappa shape index (κ3) is 5.77. The molecular weight excluding hydrogens is 398 g/mol. The van der Waals surface area contributed by atoms with Gasteiger partial charge in [0.05, 0.1) is 18.8 Å². The average Bonchev–Trinajstić information content (AvgIpc) is 2.82.